The molecular formula is C21H18N2O2S. The van der Waals surface area contributed by atoms with Gasteiger partial charge in [0.05, 0.1) is 22.0 Å². The highest BCUT2D eigenvalue weighted by atomic mass is 32.2. The number of thioether (sulfide) groups is 1. The molecule has 0 aromatic heterocycles. The number of anilines is 2. The van der Waals surface area contributed by atoms with Gasteiger partial charge in [-0.1, -0.05) is 54.2 Å². The molecule has 1 aliphatic rings. The Balaban J connectivity index is 1.63. The van der Waals surface area contributed by atoms with E-state index >= 15 is 0 Å². The van der Waals surface area contributed by atoms with Crippen LogP contribution in [0.15, 0.2) is 74.1 Å². The Hall–Kier alpha value is -2.79. The summed E-state index contributed by atoms with van der Waals surface area (Å²) in [6.07, 6.45) is 1.81. The number of para-hydroxylation sites is 1. The van der Waals surface area contributed by atoms with Crippen LogP contribution in [0, 0.1) is 0 Å². The molecule has 3 aromatic rings. The summed E-state index contributed by atoms with van der Waals surface area (Å²) in [5, 5.41) is 4.15. The molecular weight excluding hydrogens is 344 g/mol. The van der Waals surface area contributed by atoms with Crippen molar-refractivity contribution in [1.82, 2.24) is 0 Å². The second kappa shape index (κ2) is 6.50. The second-order valence-electron chi connectivity index (χ2n) is 6.34. The van der Waals surface area contributed by atoms with Gasteiger partial charge in [0.15, 0.2) is 0 Å². The van der Waals surface area contributed by atoms with Crippen molar-refractivity contribution in [3.05, 3.63) is 91.2 Å². The van der Waals surface area contributed by atoms with Crippen molar-refractivity contribution in [2.45, 2.75) is 17.9 Å². The van der Waals surface area contributed by atoms with Crippen molar-refractivity contribution < 1.29 is 0 Å². The van der Waals surface area contributed by atoms with Gasteiger partial charge in [-0.15, -0.1) is 0 Å². The number of benzene rings is 2. The summed E-state index contributed by atoms with van der Waals surface area (Å²) in [4.78, 5) is 27.4. The van der Waals surface area contributed by atoms with E-state index in [1.165, 1.54) is 0 Å². The lowest BCUT2D eigenvalue weighted by molar-refractivity contribution is 0.878. The SMILES string of the molecule is C[C@H](Nc1c(/C=C2\Sc3ccccc3N2C)c(=O)c1=O)c1ccccc1. The summed E-state index contributed by atoms with van der Waals surface area (Å²) in [5.41, 5.74) is 2.17. The van der Waals surface area contributed by atoms with Gasteiger partial charge in [-0.2, -0.15) is 0 Å². The van der Waals surface area contributed by atoms with Crippen LogP contribution < -0.4 is 21.1 Å². The molecule has 0 bridgehead atoms. The Kier molecular flexibility index (Phi) is 4.17. The molecule has 0 fully saturated rings. The van der Waals surface area contributed by atoms with Crippen LogP contribution in [0.25, 0.3) is 6.08 Å². The summed E-state index contributed by atoms with van der Waals surface area (Å²) in [5.74, 6) is 0. The first kappa shape index (κ1) is 16.7. The van der Waals surface area contributed by atoms with Crippen LogP contribution in [0.3, 0.4) is 0 Å². The van der Waals surface area contributed by atoms with Crippen molar-refractivity contribution in [2.24, 2.45) is 0 Å². The average Bonchev–Trinajstić information content (AvgIpc) is 3.00. The molecule has 0 aliphatic carbocycles. The van der Waals surface area contributed by atoms with Crippen LogP contribution in [0.2, 0.25) is 0 Å². The maximum absolute atomic E-state index is 12.1. The van der Waals surface area contributed by atoms with Gasteiger partial charge in [-0.05, 0) is 30.7 Å². The van der Waals surface area contributed by atoms with Crippen molar-refractivity contribution >= 4 is 29.2 Å². The molecule has 0 radical (unpaired) electrons. The van der Waals surface area contributed by atoms with Crippen LogP contribution in [-0.4, -0.2) is 7.05 Å². The maximum Gasteiger partial charge on any atom is 0.250 e. The van der Waals surface area contributed by atoms with Crippen LogP contribution in [0.4, 0.5) is 11.4 Å². The molecule has 1 heterocycles. The molecule has 0 saturated heterocycles. The number of hydrogen-bond acceptors (Lipinski definition) is 5. The van der Waals surface area contributed by atoms with Gasteiger partial charge in [0.2, 0.25) is 10.9 Å². The Morgan fingerprint density at radius 1 is 1.00 bits per heavy atom. The number of fused-ring (bicyclic) bond motifs is 1. The molecule has 4 nitrogen and oxygen atoms in total. The molecule has 1 N–H and O–H groups in total. The number of nitrogens with zero attached hydrogens (tertiary/aromatic N) is 1. The molecule has 130 valence electrons. The molecule has 0 amide bonds. The summed E-state index contributed by atoms with van der Waals surface area (Å²) in [6, 6.07) is 17.9. The van der Waals surface area contributed by atoms with E-state index < -0.39 is 10.9 Å². The monoisotopic (exact) mass is 362 g/mol. The second-order valence-corrected chi connectivity index (χ2v) is 7.40. The third-order valence-corrected chi connectivity index (χ3v) is 5.81. The van der Waals surface area contributed by atoms with Gasteiger partial charge in [-0.3, -0.25) is 9.59 Å². The Morgan fingerprint density at radius 3 is 2.42 bits per heavy atom. The molecule has 1 aliphatic heterocycles. The normalized spacial score (nSPS) is 16.1. The first-order chi connectivity index (χ1) is 12.6. The standard InChI is InChI=1S/C21H18N2O2S/c1-13(14-8-4-3-5-9-14)22-19-15(20(24)21(19)25)12-18-23(2)16-10-6-7-11-17(16)26-18/h3-13,22H,1-2H3/b18-12-/t13-/m0/s1. The van der Waals surface area contributed by atoms with Crippen molar-refractivity contribution in [2.75, 3.05) is 17.3 Å². The highest BCUT2D eigenvalue weighted by Crippen LogP contribution is 2.45. The topological polar surface area (TPSA) is 49.4 Å². The molecule has 3 aromatic carbocycles. The maximum atomic E-state index is 12.1. The largest absolute Gasteiger partial charge is 0.375 e. The lowest BCUT2D eigenvalue weighted by Gasteiger charge is -2.19. The van der Waals surface area contributed by atoms with Crippen LogP contribution in [-0.2, 0) is 0 Å². The minimum Gasteiger partial charge on any atom is -0.375 e. The zero-order chi connectivity index (χ0) is 18.3. The highest BCUT2D eigenvalue weighted by Gasteiger charge is 2.26. The van der Waals surface area contributed by atoms with E-state index in [1.807, 2.05) is 73.5 Å². The lowest BCUT2D eigenvalue weighted by Crippen LogP contribution is -2.37. The molecule has 26 heavy (non-hydrogen) atoms. The number of nitrogens with one attached hydrogen (secondary N) is 1. The average molecular weight is 362 g/mol. The molecule has 4 rings (SSSR count). The first-order valence-electron chi connectivity index (χ1n) is 8.43. The van der Waals surface area contributed by atoms with E-state index in [2.05, 4.69) is 11.4 Å². The van der Waals surface area contributed by atoms with Gasteiger partial charge in [0.1, 0.15) is 0 Å². The molecule has 5 heteroatoms. The van der Waals surface area contributed by atoms with E-state index in [4.69, 9.17) is 0 Å². The zero-order valence-corrected chi connectivity index (χ0v) is 15.3. The quantitative estimate of drug-likeness (QED) is 0.711. The third-order valence-electron chi connectivity index (χ3n) is 4.65. The summed E-state index contributed by atoms with van der Waals surface area (Å²) in [7, 11) is 1.97. The fraction of sp³-hybridized carbons (Fsp3) is 0.143. The first-order valence-corrected chi connectivity index (χ1v) is 9.25. The minimum atomic E-state index is -0.442. The van der Waals surface area contributed by atoms with Gasteiger partial charge in [0.25, 0.3) is 0 Å². The van der Waals surface area contributed by atoms with E-state index in [-0.39, 0.29) is 6.04 Å². The predicted octanol–water partition coefficient (Wildman–Crippen LogP) is 4.00. The van der Waals surface area contributed by atoms with Crippen molar-refractivity contribution in [3.63, 3.8) is 0 Å². The fourth-order valence-electron chi connectivity index (χ4n) is 3.10. The fourth-order valence-corrected chi connectivity index (χ4v) is 4.20. The molecule has 0 unspecified atom stereocenters. The van der Waals surface area contributed by atoms with Gasteiger partial charge in [0, 0.05) is 18.0 Å². The van der Waals surface area contributed by atoms with Crippen molar-refractivity contribution in [1.29, 1.82) is 0 Å². The van der Waals surface area contributed by atoms with E-state index in [1.54, 1.807) is 11.8 Å². The van der Waals surface area contributed by atoms with Gasteiger partial charge >= 0.3 is 0 Å². The van der Waals surface area contributed by atoms with Crippen LogP contribution in [0.5, 0.6) is 0 Å². The molecule has 0 spiro atoms. The van der Waals surface area contributed by atoms with Crippen molar-refractivity contribution in [3.8, 4) is 0 Å². The summed E-state index contributed by atoms with van der Waals surface area (Å²) < 4.78 is 0. The van der Waals surface area contributed by atoms with E-state index in [0.717, 1.165) is 21.2 Å². The predicted molar refractivity (Wildman–Crippen MR) is 109 cm³/mol. The van der Waals surface area contributed by atoms with Crippen LogP contribution in [0.1, 0.15) is 24.1 Å². The molecule has 1 atom stereocenters. The molecule has 0 saturated carbocycles. The Labute approximate surface area is 155 Å². The summed E-state index contributed by atoms with van der Waals surface area (Å²) >= 11 is 1.60. The van der Waals surface area contributed by atoms with Gasteiger partial charge in [-0.25, -0.2) is 0 Å². The van der Waals surface area contributed by atoms with E-state index in [0.29, 0.717) is 11.3 Å². The Morgan fingerprint density at radius 2 is 1.69 bits per heavy atom. The van der Waals surface area contributed by atoms with Crippen LogP contribution >= 0.6 is 11.8 Å². The lowest BCUT2D eigenvalue weighted by atomic mass is 10.0. The van der Waals surface area contributed by atoms with Gasteiger partial charge < -0.3 is 10.2 Å². The number of hydrogen-bond donors (Lipinski definition) is 1. The minimum absolute atomic E-state index is 0.0530. The number of rotatable bonds is 4. The smallest absolute Gasteiger partial charge is 0.250 e. The highest BCUT2D eigenvalue weighted by molar-refractivity contribution is 8.03. The third kappa shape index (κ3) is 2.74. The summed E-state index contributed by atoms with van der Waals surface area (Å²) in [6.45, 7) is 1.98. The Bertz CT molecular complexity index is 1070. The zero-order valence-electron chi connectivity index (χ0n) is 14.5. The van der Waals surface area contributed by atoms with E-state index in [9.17, 15) is 9.59 Å².